The van der Waals surface area contributed by atoms with Crippen molar-refractivity contribution in [3.05, 3.63) is 11.5 Å². The van der Waals surface area contributed by atoms with Crippen molar-refractivity contribution in [2.24, 2.45) is 0 Å². The molecule has 0 aromatic rings. The molecule has 1 spiro atoms. The van der Waals surface area contributed by atoms with E-state index in [1.807, 2.05) is 7.05 Å². The number of hydrogen-bond acceptors (Lipinski definition) is 7. The SMILES string of the molecule is CN1CCC2(CC1)OC[C@H]([C@H]1OC(=O)C(O)=C1O)O2. The molecule has 2 fully saturated rings. The molecule has 2 atom stereocenters. The summed E-state index contributed by atoms with van der Waals surface area (Å²) >= 11 is 0. The zero-order valence-corrected chi connectivity index (χ0v) is 10.7. The van der Waals surface area contributed by atoms with E-state index in [0.717, 1.165) is 25.9 Å². The normalized spacial score (nSPS) is 35.1. The van der Waals surface area contributed by atoms with E-state index < -0.39 is 35.5 Å². The number of rotatable bonds is 1. The van der Waals surface area contributed by atoms with E-state index in [-0.39, 0.29) is 6.61 Å². The summed E-state index contributed by atoms with van der Waals surface area (Å²) in [4.78, 5) is 13.4. The van der Waals surface area contributed by atoms with Crippen molar-refractivity contribution in [3.8, 4) is 0 Å². The first kappa shape index (κ1) is 12.7. The van der Waals surface area contributed by atoms with Crippen molar-refractivity contribution in [1.82, 2.24) is 4.90 Å². The highest BCUT2D eigenvalue weighted by atomic mass is 16.8. The summed E-state index contributed by atoms with van der Waals surface area (Å²) < 4.78 is 16.5. The number of carbonyl (C=O) groups excluding carboxylic acids is 1. The molecule has 0 amide bonds. The molecule has 2 saturated heterocycles. The van der Waals surface area contributed by atoms with Crippen LogP contribution in [0.2, 0.25) is 0 Å². The maximum Gasteiger partial charge on any atom is 0.377 e. The van der Waals surface area contributed by atoms with Gasteiger partial charge in [0.05, 0.1) is 6.61 Å². The molecule has 3 heterocycles. The van der Waals surface area contributed by atoms with Crippen LogP contribution in [0, 0.1) is 0 Å². The second kappa shape index (κ2) is 4.36. The summed E-state index contributed by atoms with van der Waals surface area (Å²) in [5, 5.41) is 18.9. The molecular formula is C12H17NO6. The van der Waals surface area contributed by atoms with Crippen molar-refractivity contribution in [2.75, 3.05) is 26.7 Å². The third kappa shape index (κ3) is 2.07. The molecule has 3 aliphatic heterocycles. The summed E-state index contributed by atoms with van der Waals surface area (Å²) in [6, 6.07) is 0. The van der Waals surface area contributed by atoms with Gasteiger partial charge in [-0.25, -0.2) is 4.79 Å². The molecule has 3 aliphatic rings. The van der Waals surface area contributed by atoms with E-state index in [9.17, 15) is 15.0 Å². The molecule has 3 rings (SSSR count). The second-order valence-electron chi connectivity index (χ2n) is 5.24. The molecule has 19 heavy (non-hydrogen) atoms. The van der Waals surface area contributed by atoms with Crippen LogP contribution in [0.4, 0.5) is 0 Å². The molecule has 7 heteroatoms. The molecule has 0 bridgehead atoms. The van der Waals surface area contributed by atoms with E-state index in [4.69, 9.17) is 14.2 Å². The van der Waals surface area contributed by atoms with Crippen LogP contribution in [-0.2, 0) is 19.0 Å². The van der Waals surface area contributed by atoms with Crippen LogP contribution in [0.25, 0.3) is 0 Å². The first-order valence-corrected chi connectivity index (χ1v) is 6.34. The van der Waals surface area contributed by atoms with Crippen molar-refractivity contribution in [2.45, 2.75) is 30.8 Å². The van der Waals surface area contributed by atoms with Crippen molar-refractivity contribution >= 4 is 5.97 Å². The fraction of sp³-hybridized carbons (Fsp3) is 0.750. The minimum Gasteiger partial charge on any atom is -0.505 e. The number of aliphatic hydroxyl groups is 2. The minimum absolute atomic E-state index is 0.235. The highest BCUT2D eigenvalue weighted by Gasteiger charge is 2.50. The average Bonchev–Trinajstić information content (AvgIpc) is 2.91. The molecular weight excluding hydrogens is 254 g/mol. The Labute approximate surface area is 110 Å². The quantitative estimate of drug-likeness (QED) is 0.653. The van der Waals surface area contributed by atoms with Gasteiger partial charge in [0.25, 0.3) is 0 Å². The zero-order valence-electron chi connectivity index (χ0n) is 10.7. The third-order valence-corrected chi connectivity index (χ3v) is 3.90. The number of aliphatic hydroxyl groups excluding tert-OH is 2. The number of esters is 1. The van der Waals surface area contributed by atoms with Gasteiger partial charge in [-0.2, -0.15) is 0 Å². The lowest BCUT2D eigenvalue weighted by molar-refractivity contribution is -0.202. The summed E-state index contributed by atoms with van der Waals surface area (Å²) in [7, 11) is 2.03. The predicted molar refractivity (Wildman–Crippen MR) is 62.5 cm³/mol. The van der Waals surface area contributed by atoms with Crippen molar-refractivity contribution in [3.63, 3.8) is 0 Å². The predicted octanol–water partition coefficient (Wildman–Crippen LogP) is 0.0767. The van der Waals surface area contributed by atoms with Crippen LogP contribution < -0.4 is 0 Å². The number of nitrogens with zero attached hydrogens (tertiary/aromatic N) is 1. The van der Waals surface area contributed by atoms with E-state index in [2.05, 4.69) is 4.90 Å². The van der Waals surface area contributed by atoms with Gasteiger partial charge in [-0.1, -0.05) is 0 Å². The molecule has 106 valence electrons. The van der Waals surface area contributed by atoms with Crippen LogP contribution in [0.3, 0.4) is 0 Å². The zero-order chi connectivity index (χ0) is 13.6. The van der Waals surface area contributed by atoms with Gasteiger partial charge in [0, 0.05) is 25.9 Å². The topological polar surface area (TPSA) is 88.5 Å². The maximum atomic E-state index is 11.2. The standard InChI is InChI=1S/C12H17NO6/c1-13-4-2-12(3-5-13)17-6-7(19-12)10-8(14)9(15)11(16)18-10/h7,10,14-15H,2-6H2,1H3/t7-,10-/m1/s1. The van der Waals surface area contributed by atoms with Gasteiger partial charge in [-0.05, 0) is 7.05 Å². The van der Waals surface area contributed by atoms with Crippen molar-refractivity contribution in [1.29, 1.82) is 0 Å². The molecule has 0 aliphatic carbocycles. The Kier molecular flexibility index (Phi) is 2.92. The Morgan fingerprint density at radius 1 is 1.32 bits per heavy atom. The van der Waals surface area contributed by atoms with E-state index in [1.165, 1.54) is 0 Å². The fourth-order valence-corrected chi connectivity index (χ4v) is 2.67. The van der Waals surface area contributed by atoms with E-state index in [1.54, 1.807) is 0 Å². The van der Waals surface area contributed by atoms with Crippen LogP contribution in [0.5, 0.6) is 0 Å². The lowest BCUT2D eigenvalue weighted by Crippen LogP contribution is -2.44. The Hall–Kier alpha value is -1.31. The number of carbonyl (C=O) groups is 1. The van der Waals surface area contributed by atoms with Gasteiger partial charge >= 0.3 is 5.97 Å². The van der Waals surface area contributed by atoms with E-state index in [0.29, 0.717) is 0 Å². The third-order valence-electron chi connectivity index (χ3n) is 3.90. The fourth-order valence-electron chi connectivity index (χ4n) is 2.67. The Morgan fingerprint density at radius 2 is 2.00 bits per heavy atom. The molecule has 0 radical (unpaired) electrons. The smallest absolute Gasteiger partial charge is 0.377 e. The number of piperidine rings is 1. The first-order valence-electron chi connectivity index (χ1n) is 6.34. The molecule has 7 nitrogen and oxygen atoms in total. The highest BCUT2D eigenvalue weighted by Crippen LogP contribution is 2.37. The maximum absolute atomic E-state index is 11.2. The number of hydrogen-bond donors (Lipinski definition) is 2. The van der Waals surface area contributed by atoms with Crippen LogP contribution in [0.15, 0.2) is 11.5 Å². The van der Waals surface area contributed by atoms with Gasteiger partial charge < -0.3 is 29.3 Å². The van der Waals surface area contributed by atoms with Crippen LogP contribution >= 0.6 is 0 Å². The lowest BCUT2D eigenvalue weighted by Gasteiger charge is -2.36. The van der Waals surface area contributed by atoms with Crippen LogP contribution in [0.1, 0.15) is 12.8 Å². The minimum atomic E-state index is -0.966. The van der Waals surface area contributed by atoms with E-state index >= 15 is 0 Å². The highest BCUT2D eigenvalue weighted by molar-refractivity contribution is 5.89. The second-order valence-corrected chi connectivity index (χ2v) is 5.24. The lowest BCUT2D eigenvalue weighted by atomic mass is 10.0. The molecule has 0 unspecified atom stereocenters. The van der Waals surface area contributed by atoms with Gasteiger partial charge in [-0.3, -0.25) is 0 Å². The van der Waals surface area contributed by atoms with Gasteiger partial charge in [0.1, 0.15) is 6.10 Å². The largest absolute Gasteiger partial charge is 0.505 e. The van der Waals surface area contributed by atoms with Crippen molar-refractivity contribution < 1.29 is 29.2 Å². The Balaban J connectivity index is 1.68. The number of cyclic esters (lactones) is 1. The average molecular weight is 271 g/mol. The summed E-state index contributed by atoms with van der Waals surface area (Å²) in [5.41, 5.74) is 0. The summed E-state index contributed by atoms with van der Waals surface area (Å²) in [6.07, 6.45) is -0.0719. The monoisotopic (exact) mass is 271 g/mol. The number of ether oxygens (including phenoxy) is 3. The molecule has 0 saturated carbocycles. The van der Waals surface area contributed by atoms with Gasteiger partial charge in [-0.15, -0.1) is 0 Å². The van der Waals surface area contributed by atoms with Gasteiger partial charge in [0.15, 0.2) is 17.7 Å². The Bertz CT molecular complexity index is 426. The summed E-state index contributed by atoms with van der Waals surface area (Å²) in [5.74, 6) is -2.78. The molecule has 0 aromatic carbocycles. The first-order chi connectivity index (χ1) is 9.01. The van der Waals surface area contributed by atoms with Gasteiger partial charge in [0.2, 0.25) is 5.76 Å². The molecule has 0 aromatic heterocycles. The van der Waals surface area contributed by atoms with Crippen LogP contribution in [-0.4, -0.2) is 65.8 Å². The summed E-state index contributed by atoms with van der Waals surface area (Å²) in [6.45, 7) is 1.97. The number of likely N-dealkylation sites (tertiary alicyclic amines) is 1. The molecule has 2 N–H and O–H groups in total. The Morgan fingerprint density at radius 3 is 2.58 bits per heavy atom.